The summed E-state index contributed by atoms with van der Waals surface area (Å²) in [6, 6.07) is -0.656. The Morgan fingerprint density at radius 1 is 0.952 bits per heavy atom. The van der Waals surface area contributed by atoms with Gasteiger partial charge >= 0.3 is 18.0 Å². The number of amides is 3. The summed E-state index contributed by atoms with van der Waals surface area (Å²) in [5, 5.41) is 2.42. The van der Waals surface area contributed by atoms with Crippen molar-refractivity contribution >= 4 is 23.9 Å². The number of esters is 2. The van der Waals surface area contributed by atoms with Gasteiger partial charge in [-0.25, -0.2) is 4.79 Å². The summed E-state index contributed by atoms with van der Waals surface area (Å²) in [6.45, 7) is 5.07. The quantitative estimate of drug-likeness (QED) is 0.653. The molecule has 0 radical (unpaired) electrons. The van der Waals surface area contributed by atoms with E-state index >= 15 is 0 Å². The molecule has 0 bridgehead atoms. The topological polar surface area (TPSA) is 102 Å². The van der Waals surface area contributed by atoms with Crippen LogP contribution in [-0.4, -0.2) is 55.1 Å². The average Bonchev–Trinajstić information content (AvgIpc) is 2.39. The molecule has 0 saturated carbocycles. The van der Waals surface area contributed by atoms with Crippen LogP contribution in [-0.2, 0) is 23.9 Å². The first-order chi connectivity index (χ1) is 9.92. The van der Waals surface area contributed by atoms with E-state index in [0.29, 0.717) is 0 Å². The minimum Gasteiger partial charge on any atom is -0.466 e. The first kappa shape index (κ1) is 18.9. The SMILES string of the molecule is CCOC(=O)CCNC(=O)N(CCC(=O)OCC)C(C)=O. The number of hydrogen-bond donors (Lipinski definition) is 1. The predicted octanol–water partition coefficient (Wildman–Crippen LogP) is 0.451. The minimum atomic E-state index is -0.656. The van der Waals surface area contributed by atoms with Gasteiger partial charge in [-0.1, -0.05) is 0 Å². The van der Waals surface area contributed by atoms with Gasteiger partial charge in [-0.3, -0.25) is 19.3 Å². The first-order valence-electron chi connectivity index (χ1n) is 6.79. The molecule has 0 aliphatic heterocycles. The largest absolute Gasteiger partial charge is 0.466 e. The summed E-state index contributed by atoms with van der Waals surface area (Å²) in [5.41, 5.74) is 0. The molecule has 120 valence electrons. The predicted molar refractivity (Wildman–Crippen MR) is 73.3 cm³/mol. The summed E-state index contributed by atoms with van der Waals surface area (Å²) >= 11 is 0. The van der Waals surface area contributed by atoms with Gasteiger partial charge in [0.15, 0.2) is 0 Å². The number of imide groups is 1. The van der Waals surface area contributed by atoms with Crippen molar-refractivity contribution in [3.8, 4) is 0 Å². The van der Waals surface area contributed by atoms with E-state index in [1.165, 1.54) is 6.92 Å². The highest BCUT2D eigenvalue weighted by Gasteiger charge is 2.19. The average molecular weight is 302 g/mol. The van der Waals surface area contributed by atoms with Crippen molar-refractivity contribution in [3.63, 3.8) is 0 Å². The molecular weight excluding hydrogens is 280 g/mol. The standard InChI is InChI=1S/C13H22N2O6/c1-4-20-11(17)6-8-14-13(19)15(10(3)16)9-7-12(18)21-5-2/h4-9H2,1-3H3,(H,14,19). The highest BCUT2D eigenvalue weighted by Crippen LogP contribution is 1.97. The van der Waals surface area contributed by atoms with Crippen LogP contribution in [0, 0.1) is 0 Å². The Morgan fingerprint density at radius 3 is 1.95 bits per heavy atom. The van der Waals surface area contributed by atoms with Crippen molar-refractivity contribution in [2.24, 2.45) is 0 Å². The second kappa shape index (κ2) is 10.6. The van der Waals surface area contributed by atoms with Crippen LogP contribution < -0.4 is 5.32 Å². The Kier molecular flexibility index (Phi) is 9.57. The zero-order chi connectivity index (χ0) is 16.3. The fourth-order valence-corrected chi connectivity index (χ4v) is 1.44. The molecule has 0 aromatic carbocycles. The van der Waals surface area contributed by atoms with E-state index in [1.54, 1.807) is 13.8 Å². The van der Waals surface area contributed by atoms with E-state index in [-0.39, 0.29) is 39.1 Å². The van der Waals surface area contributed by atoms with Gasteiger partial charge in [0, 0.05) is 20.0 Å². The van der Waals surface area contributed by atoms with Gasteiger partial charge in [0.2, 0.25) is 5.91 Å². The first-order valence-corrected chi connectivity index (χ1v) is 6.79. The van der Waals surface area contributed by atoms with Gasteiger partial charge in [-0.15, -0.1) is 0 Å². The minimum absolute atomic E-state index is 0.0171. The van der Waals surface area contributed by atoms with E-state index in [1.807, 2.05) is 0 Å². The zero-order valence-electron chi connectivity index (χ0n) is 12.6. The Balaban J connectivity index is 4.21. The van der Waals surface area contributed by atoms with E-state index in [0.717, 1.165) is 4.90 Å². The third kappa shape index (κ3) is 8.61. The lowest BCUT2D eigenvalue weighted by Crippen LogP contribution is -2.44. The molecule has 0 unspecified atom stereocenters. The number of nitrogens with zero attached hydrogens (tertiary/aromatic N) is 1. The number of ether oxygens (including phenoxy) is 2. The Hall–Kier alpha value is -2.12. The molecule has 0 atom stereocenters. The van der Waals surface area contributed by atoms with Crippen LogP contribution in [0.4, 0.5) is 4.79 Å². The third-order valence-electron chi connectivity index (χ3n) is 2.38. The molecule has 0 aromatic rings. The number of carbonyl (C=O) groups excluding carboxylic acids is 4. The maximum Gasteiger partial charge on any atom is 0.324 e. The molecule has 8 nitrogen and oxygen atoms in total. The van der Waals surface area contributed by atoms with Crippen LogP contribution in [0.15, 0.2) is 0 Å². The van der Waals surface area contributed by atoms with Crippen LogP contribution >= 0.6 is 0 Å². The molecule has 8 heteroatoms. The van der Waals surface area contributed by atoms with Crippen LogP contribution in [0.1, 0.15) is 33.6 Å². The van der Waals surface area contributed by atoms with Crippen molar-refractivity contribution < 1.29 is 28.7 Å². The summed E-state index contributed by atoms with van der Waals surface area (Å²) in [4.78, 5) is 46.4. The van der Waals surface area contributed by atoms with Crippen molar-refractivity contribution in [1.82, 2.24) is 10.2 Å². The molecular formula is C13H22N2O6. The molecule has 3 amide bonds. The lowest BCUT2D eigenvalue weighted by Gasteiger charge is -2.19. The molecule has 0 aliphatic rings. The lowest BCUT2D eigenvalue weighted by atomic mass is 10.3. The molecule has 1 N–H and O–H groups in total. The monoisotopic (exact) mass is 302 g/mol. The molecule has 0 fully saturated rings. The van der Waals surface area contributed by atoms with E-state index in [2.05, 4.69) is 5.32 Å². The fourth-order valence-electron chi connectivity index (χ4n) is 1.44. The molecule has 0 spiro atoms. The highest BCUT2D eigenvalue weighted by atomic mass is 16.5. The maximum absolute atomic E-state index is 11.8. The van der Waals surface area contributed by atoms with Crippen molar-refractivity contribution in [2.75, 3.05) is 26.3 Å². The van der Waals surface area contributed by atoms with Crippen LogP contribution in [0.25, 0.3) is 0 Å². The molecule has 0 heterocycles. The normalized spacial score (nSPS) is 9.67. The molecule has 0 aromatic heterocycles. The Labute approximate surface area is 123 Å². The molecule has 0 rings (SSSR count). The zero-order valence-corrected chi connectivity index (χ0v) is 12.6. The van der Waals surface area contributed by atoms with E-state index in [9.17, 15) is 19.2 Å². The van der Waals surface area contributed by atoms with Gasteiger partial charge in [0.1, 0.15) is 0 Å². The highest BCUT2D eigenvalue weighted by molar-refractivity contribution is 5.93. The van der Waals surface area contributed by atoms with Gasteiger partial charge in [-0.2, -0.15) is 0 Å². The lowest BCUT2D eigenvalue weighted by molar-refractivity contribution is -0.144. The van der Waals surface area contributed by atoms with Gasteiger partial charge in [0.05, 0.1) is 26.1 Å². The summed E-state index contributed by atoms with van der Waals surface area (Å²) in [5.74, 6) is -1.41. The van der Waals surface area contributed by atoms with Crippen LogP contribution in [0.5, 0.6) is 0 Å². The van der Waals surface area contributed by atoms with Gasteiger partial charge < -0.3 is 14.8 Å². The fraction of sp³-hybridized carbons (Fsp3) is 0.692. The summed E-state index contributed by atoms with van der Waals surface area (Å²) in [7, 11) is 0. The summed E-state index contributed by atoms with van der Waals surface area (Å²) in [6.07, 6.45) is -0.0537. The van der Waals surface area contributed by atoms with Crippen LogP contribution in [0.3, 0.4) is 0 Å². The van der Waals surface area contributed by atoms with Crippen molar-refractivity contribution in [3.05, 3.63) is 0 Å². The number of nitrogens with one attached hydrogen (secondary N) is 1. The number of rotatable bonds is 8. The number of hydrogen-bond acceptors (Lipinski definition) is 6. The van der Waals surface area contributed by atoms with E-state index in [4.69, 9.17) is 9.47 Å². The van der Waals surface area contributed by atoms with Crippen molar-refractivity contribution in [1.29, 1.82) is 0 Å². The van der Waals surface area contributed by atoms with Crippen LogP contribution in [0.2, 0.25) is 0 Å². The molecule has 0 aliphatic carbocycles. The number of carbonyl (C=O) groups is 4. The Morgan fingerprint density at radius 2 is 1.48 bits per heavy atom. The second-order valence-electron chi connectivity index (χ2n) is 4.01. The number of urea groups is 1. The smallest absolute Gasteiger partial charge is 0.324 e. The molecule has 21 heavy (non-hydrogen) atoms. The maximum atomic E-state index is 11.8. The Bertz CT molecular complexity index is 383. The summed E-state index contributed by atoms with van der Waals surface area (Å²) < 4.78 is 9.43. The third-order valence-corrected chi connectivity index (χ3v) is 2.38. The second-order valence-corrected chi connectivity index (χ2v) is 4.01. The van der Waals surface area contributed by atoms with Gasteiger partial charge in [-0.05, 0) is 13.8 Å². The van der Waals surface area contributed by atoms with Gasteiger partial charge in [0.25, 0.3) is 0 Å². The molecule has 0 saturated heterocycles. The van der Waals surface area contributed by atoms with E-state index < -0.39 is 23.9 Å². The van der Waals surface area contributed by atoms with Crippen molar-refractivity contribution in [2.45, 2.75) is 33.6 Å².